The highest BCUT2D eigenvalue weighted by Crippen LogP contribution is 2.71. The molecule has 23 aromatic carbocycles. The summed E-state index contributed by atoms with van der Waals surface area (Å²) in [7, 11) is 0. The molecule has 0 fully saturated rings. The van der Waals surface area contributed by atoms with Crippen LogP contribution >= 0.6 is 0 Å². The Hall–Kier alpha value is -18.5. The highest BCUT2D eigenvalue weighted by molar-refractivity contribution is 6.24. The quantitative estimate of drug-likeness (QED) is 0.127. The van der Waals surface area contributed by atoms with Crippen LogP contribution in [0.4, 0.5) is 85.3 Å². The number of nitrogens with zero attached hydrogens (tertiary/aromatic N) is 5. The molecule has 0 bridgehead atoms. The van der Waals surface area contributed by atoms with Gasteiger partial charge in [-0.3, -0.25) is 0 Å². The number of hydrogen-bond donors (Lipinski definition) is 0. The first-order valence-corrected chi connectivity index (χ1v) is 50.6. The van der Waals surface area contributed by atoms with Crippen LogP contribution in [0.3, 0.4) is 0 Å². The van der Waals surface area contributed by atoms with E-state index in [-0.39, 0.29) is 29.7 Å². The summed E-state index contributed by atoms with van der Waals surface area (Å²) < 4.78 is 21.2. The van der Waals surface area contributed by atoms with Gasteiger partial charge in [0.25, 0.3) is 0 Å². The zero-order valence-corrected chi connectivity index (χ0v) is 81.4. The van der Waals surface area contributed by atoms with Gasteiger partial charge in [-0.1, -0.05) is 393 Å². The summed E-state index contributed by atoms with van der Waals surface area (Å²) in [5, 5.41) is 16.1. The summed E-state index contributed by atoms with van der Waals surface area (Å²) in [5.41, 5.74) is 41.9. The van der Waals surface area contributed by atoms with Crippen LogP contribution in [0, 0.1) is 41.5 Å². The average molecular weight is 1940 g/mol. The molecular weight excluding hydrogens is 1820 g/mol. The molecule has 8 nitrogen and oxygen atoms in total. The summed E-state index contributed by atoms with van der Waals surface area (Å²) in [5.74, 6) is 0. The van der Waals surface area contributed by atoms with E-state index < -0.39 is 10.8 Å². The SMILES string of the molecule is C.C.C.C.Cc1ccc(N(c2cc3c(c4ccccc24)-c2c(ccc4ccccc24)C32c3ccccc3N(c3ccccc3)c3ccccc32)c2cccc3c2oc2ccccc23)c(C)c1.Cc1ccccc1N(c1cc2c(c3ccccc13)-c1c(cc(N(c3ccccc3C)c3cccc4c3oc3c(C)cccc34)c3ccccc13)C21c2ccccc2N(c2ccccc2)c2ccccc21)c1cccc2c1oc1c(C)cccc12. The number of furan rings is 3. The number of anilines is 15. The molecule has 0 unspecified atom stereocenters. The maximum atomic E-state index is 7.15. The summed E-state index contributed by atoms with van der Waals surface area (Å²) >= 11 is 0. The molecule has 0 saturated carbocycles. The van der Waals surface area contributed by atoms with Crippen LogP contribution < -0.4 is 24.5 Å². The second kappa shape index (κ2) is 35.7. The molecule has 8 heteroatoms. The zero-order chi connectivity index (χ0) is 97.1. The fourth-order valence-electron chi connectivity index (χ4n) is 25.8. The Labute approximate surface area is 875 Å². The van der Waals surface area contributed by atoms with Crippen molar-refractivity contribution in [2.24, 2.45) is 0 Å². The Morgan fingerprint density at radius 2 is 0.473 bits per heavy atom. The van der Waals surface area contributed by atoms with Crippen molar-refractivity contribution in [3.8, 4) is 22.3 Å². The monoisotopic (exact) mass is 1930 g/mol. The van der Waals surface area contributed by atoms with Gasteiger partial charge in [-0.05, 0) is 272 Å². The molecule has 0 radical (unpaired) electrons. The minimum absolute atomic E-state index is 0. The molecule has 3 aromatic heterocycles. The van der Waals surface area contributed by atoms with Crippen molar-refractivity contribution in [2.45, 2.75) is 82.1 Å². The van der Waals surface area contributed by atoms with Crippen molar-refractivity contribution in [3.05, 3.63) is 545 Å². The van der Waals surface area contributed by atoms with Crippen molar-refractivity contribution >= 4 is 194 Å². The molecule has 0 atom stereocenters. The molecule has 722 valence electrons. The first-order valence-electron chi connectivity index (χ1n) is 50.6. The maximum absolute atomic E-state index is 7.15. The number of benzene rings is 23. The Morgan fingerprint density at radius 3 is 0.887 bits per heavy atom. The number of fused-ring (bicyclic) bond motifs is 35. The minimum Gasteiger partial charge on any atom is -0.454 e. The third kappa shape index (κ3) is 13.2. The Morgan fingerprint density at radius 1 is 0.180 bits per heavy atom. The number of rotatable bonds is 11. The molecule has 150 heavy (non-hydrogen) atoms. The standard InChI is InChI=1S/C79H55N3O2.C59H40N2O.4CH4/c1-48-24-8-16-40-65(48)81(69-44-22-36-59-57-34-20-26-50(3)75(57)83-77(59)69)71-46-63-73(55-32-12-10-30-53(55)71)74-56-33-13-11-31-54(56)72(82(66-41-17-9-25-49(66)2)70-45-23-37-60-58-35-21-27-51(4)76(58)84-78(60)70)47-64(74)79(63)61-38-14-18-42-67(61)80(52-28-6-5-7-29-52)68-43-19-15-39-62(68)79;1-37-31-34-50(38(2)35-37)61(53-29-16-24-45-43-22-10-15-30-55(43)62-58(45)53)54-36-49-57(44-23-9-8-21-42(44)54)56-41-20-7-6-17-39(41)32-33-48(56)59(49)46-25-11-13-27-51(46)60(40-18-4-3-5-19-40)52-28-14-12-26-47(52)59;;;;/h5-47H,1-4H3;3-36H,1-2H3;4*1H4. The van der Waals surface area contributed by atoms with Crippen LogP contribution in [-0.2, 0) is 10.8 Å². The lowest BCUT2D eigenvalue weighted by atomic mass is 9.64. The molecule has 2 aliphatic carbocycles. The predicted octanol–water partition coefficient (Wildman–Crippen LogP) is 40.8. The van der Waals surface area contributed by atoms with E-state index in [1.165, 1.54) is 122 Å². The van der Waals surface area contributed by atoms with Gasteiger partial charge in [-0.15, -0.1) is 0 Å². The largest absolute Gasteiger partial charge is 0.454 e. The molecule has 5 heterocycles. The maximum Gasteiger partial charge on any atom is 0.159 e. The smallest absolute Gasteiger partial charge is 0.159 e. The van der Waals surface area contributed by atoms with Crippen LogP contribution in [0.25, 0.3) is 131 Å². The van der Waals surface area contributed by atoms with Crippen LogP contribution in [0.2, 0.25) is 0 Å². The van der Waals surface area contributed by atoms with Crippen molar-refractivity contribution in [1.29, 1.82) is 0 Å². The summed E-state index contributed by atoms with van der Waals surface area (Å²) in [6.07, 6.45) is 0. The van der Waals surface area contributed by atoms with Gasteiger partial charge in [0.15, 0.2) is 16.7 Å². The van der Waals surface area contributed by atoms with Gasteiger partial charge >= 0.3 is 0 Å². The average Bonchev–Trinajstić information content (AvgIpc) is 1.49. The first-order chi connectivity index (χ1) is 72.0. The molecule has 2 spiro atoms. The fraction of sp³-hybridized carbons (Fsp3) is 0.0845. The lowest BCUT2D eigenvalue weighted by molar-refractivity contribution is 0.665. The van der Waals surface area contributed by atoms with E-state index in [0.29, 0.717) is 0 Å². The van der Waals surface area contributed by atoms with Crippen LogP contribution in [0.15, 0.2) is 480 Å². The van der Waals surface area contributed by atoms with E-state index in [2.05, 4.69) is 533 Å². The van der Waals surface area contributed by atoms with Gasteiger partial charge in [0.2, 0.25) is 0 Å². The van der Waals surface area contributed by atoms with Gasteiger partial charge in [0.1, 0.15) is 16.7 Å². The second-order valence-electron chi connectivity index (χ2n) is 39.7. The predicted molar refractivity (Wildman–Crippen MR) is 635 cm³/mol. The normalized spacial score (nSPS) is 12.9. The Bertz CT molecular complexity index is 9640. The first kappa shape index (κ1) is 92.6. The summed E-state index contributed by atoms with van der Waals surface area (Å²) in [6.45, 7) is 13.1. The molecule has 0 N–H and O–H groups in total. The molecule has 4 aliphatic rings. The lowest BCUT2D eigenvalue weighted by Gasteiger charge is -2.45. The van der Waals surface area contributed by atoms with E-state index >= 15 is 0 Å². The van der Waals surface area contributed by atoms with Crippen LogP contribution in [-0.4, -0.2) is 0 Å². The van der Waals surface area contributed by atoms with E-state index in [0.717, 1.165) is 173 Å². The van der Waals surface area contributed by atoms with Gasteiger partial charge < -0.3 is 37.8 Å². The highest BCUT2D eigenvalue weighted by atomic mass is 16.3. The van der Waals surface area contributed by atoms with Crippen molar-refractivity contribution < 1.29 is 13.3 Å². The summed E-state index contributed by atoms with van der Waals surface area (Å²) in [6, 6.07) is 173. The topological polar surface area (TPSA) is 55.6 Å². The van der Waals surface area contributed by atoms with Crippen molar-refractivity contribution in [2.75, 3.05) is 24.5 Å². The van der Waals surface area contributed by atoms with Gasteiger partial charge in [0, 0.05) is 76.9 Å². The van der Waals surface area contributed by atoms with E-state index in [9.17, 15) is 0 Å². The molecule has 2 aliphatic heterocycles. The zero-order valence-electron chi connectivity index (χ0n) is 81.4. The lowest BCUT2D eigenvalue weighted by Crippen LogP contribution is -2.36. The molecule has 0 amide bonds. The van der Waals surface area contributed by atoms with E-state index in [4.69, 9.17) is 13.3 Å². The van der Waals surface area contributed by atoms with E-state index in [1.807, 2.05) is 0 Å². The Kier molecular flexibility index (Phi) is 22.1. The van der Waals surface area contributed by atoms with Crippen LogP contribution in [0.5, 0.6) is 0 Å². The van der Waals surface area contributed by atoms with E-state index in [1.54, 1.807) is 0 Å². The van der Waals surface area contributed by atoms with Crippen molar-refractivity contribution in [1.82, 2.24) is 0 Å². The molecule has 30 rings (SSSR count). The third-order valence-electron chi connectivity index (χ3n) is 31.9. The molecule has 26 aromatic rings. The van der Waals surface area contributed by atoms with Crippen molar-refractivity contribution in [3.63, 3.8) is 0 Å². The minimum atomic E-state index is -0.888. The molecule has 0 saturated heterocycles. The van der Waals surface area contributed by atoms with Gasteiger partial charge in [-0.25, -0.2) is 0 Å². The molecular formula is C142H111N5O3. The summed E-state index contributed by atoms with van der Waals surface area (Å²) in [4.78, 5) is 12.4. The number of hydrogen-bond acceptors (Lipinski definition) is 8. The fourth-order valence-corrected chi connectivity index (χ4v) is 25.8. The van der Waals surface area contributed by atoms with Crippen LogP contribution in [0.1, 0.15) is 108 Å². The van der Waals surface area contributed by atoms with Gasteiger partial charge in [-0.2, -0.15) is 0 Å². The number of aryl methyl sites for hydroxylation is 6. The second-order valence-corrected chi connectivity index (χ2v) is 39.7. The van der Waals surface area contributed by atoms with Gasteiger partial charge in [0.05, 0.1) is 67.7 Å². The highest BCUT2D eigenvalue weighted by Gasteiger charge is 2.56. The number of para-hydroxylation sites is 14. The Balaban J connectivity index is 0.000000158. The third-order valence-corrected chi connectivity index (χ3v) is 31.9.